The van der Waals surface area contributed by atoms with E-state index >= 15 is 0 Å². The molecule has 0 radical (unpaired) electrons. The highest BCUT2D eigenvalue weighted by Crippen LogP contribution is 2.35. The maximum absolute atomic E-state index is 6.22. The number of thiazole rings is 1. The van der Waals surface area contributed by atoms with Crippen molar-refractivity contribution in [2.45, 2.75) is 6.92 Å². The van der Waals surface area contributed by atoms with E-state index in [9.17, 15) is 0 Å². The fourth-order valence-corrected chi connectivity index (χ4v) is 5.16. The Bertz CT molecular complexity index is 1470. The Morgan fingerprint density at radius 1 is 0.938 bits per heavy atom. The quantitative estimate of drug-likeness (QED) is 0.288. The molecule has 5 nitrogen and oxygen atoms in total. The standard InChI is InChI=1S/C25H20N2O3S2/c1-15-24(23-9-6-12-31-23)27-25(32-15)26-18-14-21(30-19-8-5-4-7-17(18)19)16-10-11-20(28-2)22(13-16)29-3/h4-14H,1-3H3. The fourth-order valence-electron chi connectivity index (χ4n) is 3.52. The van der Waals surface area contributed by atoms with Gasteiger partial charge in [-0.25, -0.2) is 9.98 Å². The average Bonchev–Trinajstić information content (AvgIpc) is 3.48. The number of hydrogen-bond acceptors (Lipinski definition) is 7. The number of thiophene rings is 1. The van der Waals surface area contributed by atoms with Crippen LogP contribution >= 0.6 is 22.7 Å². The van der Waals surface area contributed by atoms with E-state index in [1.54, 1.807) is 36.9 Å². The molecule has 0 aliphatic carbocycles. The summed E-state index contributed by atoms with van der Waals surface area (Å²) in [6, 6.07) is 19.7. The van der Waals surface area contributed by atoms with Crippen LogP contribution in [0.25, 0.3) is 32.9 Å². The number of nitrogens with zero attached hydrogens (tertiary/aromatic N) is 2. The molecular formula is C25H20N2O3S2. The van der Waals surface area contributed by atoms with Gasteiger partial charge in [-0.15, -0.1) is 11.3 Å². The van der Waals surface area contributed by atoms with Gasteiger partial charge in [0.1, 0.15) is 11.3 Å². The third-order valence-corrected chi connectivity index (χ3v) is 6.82. The summed E-state index contributed by atoms with van der Waals surface area (Å²) >= 11 is 3.27. The Kier molecular flexibility index (Phi) is 5.51. The maximum atomic E-state index is 6.22. The van der Waals surface area contributed by atoms with Crippen LogP contribution in [-0.4, -0.2) is 19.2 Å². The van der Waals surface area contributed by atoms with Crippen molar-refractivity contribution >= 4 is 38.8 Å². The second-order valence-electron chi connectivity index (χ2n) is 7.05. The second-order valence-corrected chi connectivity index (χ2v) is 9.18. The van der Waals surface area contributed by atoms with E-state index in [0.29, 0.717) is 17.3 Å². The molecule has 0 spiro atoms. The smallest absolute Gasteiger partial charge is 0.210 e. The van der Waals surface area contributed by atoms with Crippen molar-refractivity contribution in [1.82, 2.24) is 4.98 Å². The molecule has 0 fully saturated rings. The summed E-state index contributed by atoms with van der Waals surface area (Å²) in [5.41, 5.74) is 2.62. The van der Waals surface area contributed by atoms with Crippen molar-refractivity contribution in [1.29, 1.82) is 0 Å². The van der Waals surface area contributed by atoms with E-state index in [1.165, 1.54) is 0 Å². The molecule has 0 unspecified atom stereocenters. The van der Waals surface area contributed by atoms with Crippen molar-refractivity contribution < 1.29 is 13.9 Å². The van der Waals surface area contributed by atoms with Crippen LogP contribution in [0.5, 0.6) is 11.5 Å². The van der Waals surface area contributed by atoms with Crippen molar-refractivity contribution in [3.8, 4) is 33.4 Å². The van der Waals surface area contributed by atoms with Crippen LogP contribution in [0.4, 0.5) is 5.13 Å². The lowest BCUT2D eigenvalue weighted by Gasteiger charge is -2.10. The van der Waals surface area contributed by atoms with Gasteiger partial charge in [-0.1, -0.05) is 29.5 Å². The Hall–Kier alpha value is -3.42. The minimum atomic E-state index is 0.642. The van der Waals surface area contributed by atoms with Gasteiger partial charge in [0.25, 0.3) is 0 Å². The van der Waals surface area contributed by atoms with E-state index in [1.807, 2.05) is 54.6 Å². The molecule has 2 aromatic carbocycles. The number of para-hydroxylation sites is 1. The van der Waals surface area contributed by atoms with Gasteiger partial charge in [-0.3, -0.25) is 0 Å². The molecule has 0 amide bonds. The molecule has 0 saturated heterocycles. The molecule has 5 aromatic rings. The number of methoxy groups -OCH3 is 2. The molecule has 3 aromatic heterocycles. The van der Waals surface area contributed by atoms with Gasteiger partial charge in [0.2, 0.25) is 5.13 Å². The zero-order valence-electron chi connectivity index (χ0n) is 17.8. The van der Waals surface area contributed by atoms with Gasteiger partial charge >= 0.3 is 0 Å². The van der Waals surface area contributed by atoms with Crippen LogP contribution in [0.1, 0.15) is 4.88 Å². The highest BCUT2D eigenvalue weighted by molar-refractivity contribution is 7.17. The van der Waals surface area contributed by atoms with Crippen molar-refractivity contribution in [2.75, 3.05) is 14.2 Å². The lowest BCUT2D eigenvalue weighted by atomic mass is 10.1. The molecule has 0 aliphatic rings. The molecule has 160 valence electrons. The van der Waals surface area contributed by atoms with Gasteiger partial charge in [0.15, 0.2) is 11.5 Å². The number of benzene rings is 2. The number of fused-ring (bicyclic) bond motifs is 1. The zero-order chi connectivity index (χ0) is 22.1. The third-order valence-electron chi connectivity index (χ3n) is 5.07. The minimum Gasteiger partial charge on any atom is -0.493 e. The molecule has 0 N–H and O–H groups in total. The lowest BCUT2D eigenvalue weighted by Crippen LogP contribution is -2.03. The fraction of sp³-hybridized carbons (Fsp3) is 0.120. The van der Waals surface area contributed by atoms with Gasteiger partial charge < -0.3 is 13.9 Å². The minimum absolute atomic E-state index is 0.642. The predicted octanol–water partition coefficient (Wildman–Crippen LogP) is 6.84. The largest absolute Gasteiger partial charge is 0.493 e. The monoisotopic (exact) mass is 460 g/mol. The van der Waals surface area contributed by atoms with Crippen LogP contribution in [0, 0.1) is 6.92 Å². The molecule has 0 saturated carbocycles. The van der Waals surface area contributed by atoms with Crippen LogP contribution in [-0.2, 0) is 0 Å². The van der Waals surface area contributed by atoms with Crippen LogP contribution in [0.3, 0.4) is 0 Å². The zero-order valence-corrected chi connectivity index (χ0v) is 19.4. The van der Waals surface area contributed by atoms with Crippen LogP contribution in [0.15, 0.2) is 75.5 Å². The normalized spacial score (nSPS) is 11.8. The second kappa shape index (κ2) is 8.61. The topological polar surface area (TPSA) is 56.9 Å². The first-order valence-electron chi connectivity index (χ1n) is 9.97. The lowest BCUT2D eigenvalue weighted by molar-refractivity contribution is 0.355. The van der Waals surface area contributed by atoms with E-state index in [2.05, 4.69) is 18.4 Å². The predicted molar refractivity (Wildman–Crippen MR) is 130 cm³/mol. The van der Waals surface area contributed by atoms with Crippen LogP contribution < -0.4 is 14.8 Å². The summed E-state index contributed by atoms with van der Waals surface area (Å²) < 4.78 is 17.0. The summed E-state index contributed by atoms with van der Waals surface area (Å²) in [5.74, 6) is 2.00. The highest BCUT2D eigenvalue weighted by Gasteiger charge is 2.13. The molecule has 0 aliphatic heterocycles. The van der Waals surface area contributed by atoms with Crippen molar-refractivity contribution in [3.05, 3.63) is 76.3 Å². The Morgan fingerprint density at radius 2 is 1.78 bits per heavy atom. The molecule has 0 bridgehead atoms. The van der Waals surface area contributed by atoms with Gasteiger partial charge in [0.05, 0.1) is 30.1 Å². The number of aryl methyl sites for hydroxylation is 1. The summed E-state index contributed by atoms with van der Waals surface area (Å²) in [6.07, 6.45) is 0. The van der Waals surface area contributed by atoms with E-state index in [0.717, 1.165) is 42.5 Å². The van der Waals surface area contributed by atoms with Gasteiger partial charge in [-0.2, -0.15) is 0 Å². The molecule has 5 rings (SSSR count). The molecule has 3 heterocycles. The molecule has 0 atom stereocenters. The Morgan fingerprint density at radius 3 is 2.56 bits per heavy atom. The van der Waals surface area contributed by atoms with Gasteiger partial charge in [-0.05, 0) is 48.7 Å². The van der Waals surface area contributed by atoms with Crippen molar-refractivity contribution in [2.24, 2.45) is 4.99 Å². The number of rotatable bonds is 5. The first-order chi connectivity index (χ1) is 15.7. The van der Waals surface area contributed by atoms with E-state index in [4.69, 9.17) is 23.9 Å². The number of ether oxygens (including phenoxy) is 2. The van der Waals surface area contributed by atoms with Gasteiger partial charge in [0, 0.05) is 21.9 Å². The third kappa shape index (κ3) is 3.81. The Labute approximate surface area is 193 Å². The Balaban J connectivity index is 1.68. The van der Waals surface area contributed by atoms with E-state index < -0.39 is 0 Å². The SMILES string of the molecule is COc1ccc(-c2cc(=Nc3nc(-c4cccs4)c(C)s3)c3ccccc3o2)cc1OC. The summed E-state index contributed by atoms with van der Waals surface area (Å²) in [7, 11) is 3.24. The molecular weight excluding hydrogens is 440 g/mol. The van der Waals surface area contributed by atoms with E-state index in [-0.39, 0.29) is 0 Å². The van der Waals surface area contributed by atoms with Crippen molar-refractivity contribution in [3.63, 3.8) is 0 Å². The highest BCUT2D eigenvalue weighted by atomic mass is 32.1. The first kappa shape index (κ1) is 20.5. The summed E-state index contributed by atoms with van der Waals surface area (Å²) in [4.78, 5) is 12.0. The molecule has 7 heteroatoms. The maximum Gasteiger partial charge on any atom is 0.210 e. The summed E-state index contributed by atoms with van der Waals surface area (Å²) in [6.45, 7) is 2.08. The van der Waals surface area contributed by atoms with Crippen LogP contribution in [0.2, 0.25) is 0 Å². The number of hydrogen-bond donors (Lipinski definition) is 0. The number of aromatic nitrogens is 1. The average molecular weight is 461 g/mol. The first-order valence-corrected chi connectivity index (χ1v) is 11.7. The summed E-state index contributed by atoms with van der Waals surface area (Å²) in [5, 5.41) is 4.53. The molecule has 32 heavy (non-hydrogen) atoms.